The first-order valence-electron chi connectivity index (χ1n) is 7.13. The molecule has 23 heavy (non-hydrogen) atoms. The summed E-state index contributed by atoms with van der Waals surface area (Å²) in [5, 5.41) is -1.40. The Morgan fingerprint density at radius 3 is 2.26 bits per heavy atom. The van der Waals surface area contributed by atoms with Gasteiger partial charge in [0.15, 0.2) is 0 Å². The molecule has 1 saturated heterocycles. The van der Waals surface area contributed by atoms with Gasteiger partial charge in [-0.3, -0.25) is 9.59 Å². The van der Waals surface area contributed by atoms with E-state index in [1.54, 1.807) is 0 Å². The van der Waals surface area contributed by atoms with E-state index in [9.17, 15) is 26.8 Å². The number of esters is 1. The van der Waals surface area contributed by atoms with Crippen LogP contribution in [-0.2, 0) is 29.1 Å². The van der Waals surface area contributed by atoms with E-state index in [1.165, 1.54) is 11.6 Å². The predicted molar refractivity (Wildman–Crippen MR) is 76.2 cm³/mol. The van der Waals surface area contributed by atoms with Crippen molar-refractivity contribution < 1.29 is 36.3 Å². The average molecular weight is 357 g/mol. The van der Waals surface area contributed by atoms with Crippen molar-refractivity contribution in [2.24, 2.45) is 11.8 Å². The molecule has 0 spiro atoms. The summed E-state index contributed by atoms with van der Waals surface area (Å²) in [5.41, 5.74) is 0. The fourth-order valence-corrected chi connectivity index (χ4v) is 3.41. The van der Waals surface area contributed by atoms with Crippen LogP contribution < -0.4 is 4.72 Å². The molecule has 0 aromatic carbocycles. The SMILES string of the molecule is COC(=O)C(C)C(C)S(=O)(=O)NC(=O)C(F)(F)C1CCOCC1. The fourth-order valence-electron chi connectivity index (χ4n) is 2.18. The number of methoxy groups -OCH3 is 1. The van der Waals surface area contributed by atoms with E-state index < -0.39 is 44.9 Å². The highest BCUT2D eigenvalue weighted by atomic mass is 32.2. The molecular formula is C13H21F2NO6S. The Kier molecular flexibility index (Phi) is 6.46. The summed E-state index contributed by atoms with van der Waals surface area (Å²) in [5.74, 6) is -8.91. The Morgan fingerprint density at radius 1 is 1.26 bits per heavy atom. The number of nitrogens with one attached hydrogen (secondary N) is 1. The van der Waals surface area contributed by atoms with Crippen LogP contribution in [0.25, 0.3) is 0 Å². The number of halogens is 2. The number of rotatable bonds is 6. The Morgan fingerprint density at radius 2 is 1.78 bits per heavy atom. The van der Waals surface area contributed by atoms with Gasteiger partial charge in [0, 0.05) is 19.1 Å². The highest BCUT2D eigenvalue weighted by Gasteiger charge is 2.49. The van der Waals surface area contributed by atoms with Gasteiger partial charge >= 0.3 is 17.8 Å². The maximum Gasteiger partial charge on any atom is 0.328 e. The zero-order chi connectivity index (χ0) is 17.8. The number of ether oxygens (including phenoxy) is 2. The van der Waals surface area contributed by atoms with Crippen LogP contribution in [-0.4, -0.2) is 51.8 Å². The van der Waals surface area contributed by atoms with Gasteiger partial charge in [-0.2, -0.15) is 8.78 Å². The van der Waals surface area contributed by atoms with Gasteiger partial charge in [-0.15, -0.1) is 0 Å². The lowest BCUT2D eigenvalue weighted by molar-refractivity contribution is -0.157. The van der Waals surface area contributed by atoms with Crippen LogP contribution in [0.15, 0.2) is 0 Å². The number of carbonyl (C=O) groups excluding carboxylic acids is 2. The molecule has 1 heterocycles. The summed E-state index contributed by atoms with van der Waals surface area (Å²) < 4.78 is 63.0. The number of alkyl halides is 2. The van der Waals surface area contributed by atoms with Crippen molar-refractivity contribution in [1.29, 1.82) is 0 Å². The van der Waals surface area contributed by atoms with Crippen molar-refractivity contribution in [2.75, 3.05) is 20.3 Å². The van der Waals surface area contributed by atoms with E-state index in [0.717, 1.165) is 14.0 Å². The lowest BCUT2D eigenvalue weighted by Gasteiger charge is -2.29. The third-order valence-electron chi connectivity index (χ3n) is 4.04. The smallest absolute Gasteiger partial charge is 0.328 e. The summed E-state index contributed by atoms with van der Waals surface area (Å²) in [7, 11) is -3.37. The van der Waals surface area contributed by atoms with Gasteiger partial charge in [0.05, 0.1) is 18.3 Å². The molecule has 0 aromatic heterocycles. The second kappa shape index (κ2) is 7.52. The van der Waals surface area contributed by atoms with E-state index in [-0.39, 0.29) is 26.1 Å². The fraction of sp³-hybridized carbons (Fsp3) is 0.846. The number of sulfonamides is 1. The highest BCUT2D eigenvalue weighted by molar-refractivity contribution is 7.90. The largest absolute Gasteiger partial charge is 0.469 e. The quantitative estimate of drug-likeness (QED) is 0.703. The van der Waals surface area contributed by atoms with E-state index in [4.69, 9.17) is 4.74 Å². The molecule has 134 valence electrons. The molecule has 0 bridgehead atoms. The Balaban J connectivity index is 2.83. The summed E-state index contributed by atoms with van der Waals surface area (Å²) in [6, 6.07) is 0. The zero-order valence-electron chi connectivity index (χ0n) is 13.2. The molecule has 2 unspecified atom stereocenters. The zero-order valence-corrected chi connectivity index (χ0v) is 14.0. The lowest BCUT2D eigenvalue weighted by Crippen LogP contribution is -2.51. The van der Waals surface area contributed by atoms with Crippen LogP contribution in [0.5, 0.6) is 0 Å². The Labute approximate surface area is 133 Å². The Bertz CT molecular complexity index is 545. The molecule has 1 N–H and O–H groups in total. The molecule has 0 saturated carbocycles. The van der Waals surface area contributed by atoms with Crippen molar-refractivity contribution in [3.63, 3.8) is 0 Å². The van der Waals surface area contributed by atoms with Gasteiger partial charge in [-0.1, -0.05) is 6.92 Å². The highest BCUT2D eigenvalue weighted by Crippen LogP contribution is 2.33. The molecule has 1 rings (SSSR count). The second-order valence-electron chi connectivity index (χ2n) is 5.50. The summed E-state index contributed by atoms with van der Waals surface area (Å²) in [6.07, 6.45) is -0.0663. The maximum atomic E-state index is 14.1. The number of hydrogen-bond donors (Lipinski definition) is 1. The van der Waals surface area contributed by atoms with Crippen LogP contribution in [0.4, 0.5) is 8.78 Å². The van der Waals surface area contributed by atoms with Crippen LogP contribution in [0.2, 0.25) is 0 Å². The average Bonchev–Trinajstić information content (AvgIpc) is 2.52. The first-order chi connectivity index (χ1) is 10.5. The van der Waals surface area contributed by atoms with Gasteiger partial charge in [-0.25, -0.2) is 13.1 Å². The molecule has 1 amide bonds. The molecule has 0 aliphatic carbocycles. The molecule has 10 heteroatoms. The molecule has 0 radical (unpaired) electrons. The summed E-state index contributed by atoms with van der Waals surface area (Å²) in [6.45, 7) is 2.60. The topological polar surface area (TPSA) is 98.8 Å². The maximum absolute atomic E-state index is 14.1. The van der Waals surface area contributed by atoms with Crippen molar-refractivity contribution in [1.82, 2.24) is 4.72 Å². The van der Waals surface area contributed by atoms with Gasteiger partial charge < -0.3 is 9.47 Å². The number of carbonyl (C=O) groups is 2. The molecule has 0 aromatic rings. The minimum atomic E-state index is -4.45. The van der Waals surface area contributed by atoms with E-state index in [2.05, 4.69) is 4.74 Å². The van der Waals surface area contributed by atoms with E-state index in [1.807, 2.05) is 0 Å². The Hall–Kier alpha value is -1.29. The lowest BCUT2D eigenvalue weighted by atomic mass is 9.92. The van der Waals surface area contributed by atoms with Gasteiger partial charge in [0.1, 0.15) is 0 Å². The first-order valence-corrected chi connectivity index (χ1v) is 8.68. The molecule has 1 aliphatic heterocycles. The van der Waals surface area contributed by atoms with Gasteiger partial charge in [0.25, 0.3) is 0 Å². The van der Waals surface area contributed by atoms with Gasteiger partial charge in [-0.05, 0) is 19.8 Å². The molecule has 7 nitrogen and oxygen atoms in total. The van der Waals surface area contributed by atoms with E-state index in [0.29, 0.717) is 0 Å². The van der Waals surface area contributed by atoms with Gasteiger partial charge in [0.2, 0.25) is 10.0 Å². The molecule has 1 fully saturated rings. The molecule has 1 aliphatic rings. The van der Waals surface area contributed by atoms with Crippen LogP contribution in [0.3, 0.4) is 0 Å². The third kappa shape index (κ3) is 4.60. The monoisotopic (exact) mass is 357 g/mol. The minimum Gasteiger partial charge on any atom is -0.469 e. The van der Waals surface area contributed by atoms with Crippen molar-refractivity contribution in [3.05, 3.63) is 0 Å². The van der Waals surface area contributed by atoms with Crippen LogP contribution in [0.1, 0.15) is 26.7 Å². The van der Waals surface area contributed by atoms with Crippen LogP contribution in [0, 0.1) is 11.8 Å². The summed E-state index contributed by atoms with van der Waals surface area (Å²) in [4.78, 5) is 23.1. The standard InChI is InChI=1S/C13H21F2NO6S/c1-8(11(17)21-3)9(2)23(19,20)16-12(18)13(14,15)10-4-6-22-7-5-10/h8-10H,4-7H2,1-3H3,(H,16,18). The second-order valence-corrected chi connectivity index (χ2v) is 7.54. The van der Waals surface area contributed by atoms with Crippen molar-refractivity contribution in [2.45, 2.75) is 37.9 Å². The predicted octanol–water partition coefficient (Wildman–Crippen LogP) is 0.692. The van der Waals surface area contributed by atoms with Crippen LogP contribution >= 0.6 is 0 Å². The normalized spacial score (nSPS) is 19.7. The minimum absolute atomic E-state index is 0.0332. The molecule has 2 atom stereocenters. The number of amides is 1. The summed E-state index contributed by atoms with van der Waals surface area (Å²) >= 11 is 0. The van der Waals surface area contributed by atoms with E-state index >= 15 is 0 Å². The third-order valence-corrected chi connectivity index (χ3v) is 5.90. The van der Waals surface area contributed by atoms with Crippen molar-refractivity contribution in [3.8, 4) is 0 Å². The molecular weight excluding hydrogens is 336 g/mol. The first kappa shape index (κ1) is 19.8. The van der Waals surface area contributed by atoms with Crippen molar-refractivity contribution >= 4 is 21.9 Å². The number of hydrogen-bond acceptors (Lipinski definition) is 6.